The van der Waals surface area contributed by atoms with E-state index in [2.05, 4.69) is 68.8 Å². The fourth-order valence-electron chi connectivity index (χ4n) is 3.19. The molecule has 25 heavy (non-hydrogen) atoms. The van der Waals surface area contributed by atoms with Crippen LogP contribution in [-0.2, 0) is 9.53 Å². The van der Waals surface area contributed by atoms with Gasteiger partial charge < -0.3 is 4.74 Å². The molecule has 0 bridgehead atoms. The summed E-state index contributed by atoms with van der Waals surface area (Å²) in [5, 5.41) is 0. The molecule has 0 aromatic heterocycles. The molecule has 1 atom stereocenters. The monoisotopic (exact) mass is 408 g/mol. The van der Waals surface area contributed by atoms with Gasteiger partial charge in [-0.25, -0.2) is 0 Å². The highest BCUT2D eigenvalue weighted by Gasteiger charge is 2.26. The van der Waals surface area contributed by atoms with Crippen molar-refractivity contribution in [3.8, 4) is 0 Å². The molecule has 0 amide bonds. The first-order valence-corrected chi connectivity index (χ1v) is 10.0. The van der Waals surface area contributed by atoms with E-state index >= 15 is 0 Å². The van der Waals surface area contributed by atoms with Crippen LogP contribution < -0.4 is 0 Å². The third-order valence-electron chi connectivity index (χ3n) is 4.89. The number of allylic oxidation sites excluding steroid dienone is 7. The number of hydrogen-bond donors (Lipinski definition) is 0. The van der Waals surface area contributed by atoms with Gasteiger partial charge in [0.25, 0.3) is 0 Å². The summed E-state index contributed by atoms with van der Waals surface area (Å²) in [5.74, 6) is -0.244. The predicted molar refractivity (Wildman–Crippen MR) is 111 cm³/mol. The van der Waals surface area contributed by atoms with E-state index in [-0.39, 0.29) is 16.2 Å². The standard InChI is InChI=1S/C22H33BrO2/c1-16(9-11-20-17(2)8-7-14-22(20,5)6)10-12-21(23)18(3)13-15-25-19(4)24/h9-11,13,21H,7-8,12,14-15H2,1-6H3/b11-9+,16-10+,18-13+. The second-order valence-electron chi connectivity index (χ2n) is 7.67. The number of rotatable bonds is 7. The van der Waals surface area contributed by atoms with Crippen molar-refractivity contribution in [2.45, 2.75) is 72.1 Å². The van der Waals surface area contributed by atoms with Crippen LogP contribution in [0.3, 0.4) is 0 Å². The zero-order valence-corrected chi connectivity index (χ0v) is 18.2. The minimum Gasteiger partial charge on any atom is -0.462 e. The van der Waals surface area contributed by atoms with Gasteiger partial charge in [0.1, 0.15) is 6.61 Å². The normalized spacial score (nSPS) is 20.1. The molecule has 0 heterocycles. The van der Waals surface area contributed by atoms with E-state index in [0.717, 1.165) is 6.42 Å². The van der Waals surface area contributed by atoms with E-state index in [1.807, 2.05) is 6.08 Å². The lowest BCUT2D eigenvalue weighted by Gasteiger charge is -2.32. The molecular formula is C22H33BrO2. The molecule has 0 aromatic carbocycles. The largest absolute Gasteiger partial charge is 0.462 e. The van der Waals surface area contributed by atoms with E-state index in [1.54, 1.807) is 0 Å². The maximum Gasteiger partial charge on any atom is 0.302 e. The first-order valence-electron chi connectivity index (χ1n) is 9.12. The molecule has 0 spiro atoms. The first-order chi connectivity index (χ1) is 11.6. The number of ether oxygens (including phenoxy) is 1. The lowest BCUT2D eigenvalue weighted by Crippen LogP contribution is -2.19. The van der Waals surface area contributed by atoms with E-state index in [0.29, 0.717) is 6.61 Å². The maximum absolute atomic E-state index is 10.8. The molecule has 0 N–H and O–H groups in total. The van der Waals surface area contributed by atoms with Gasteiger partial charge in [0.2, 0.25) is 0 Å². The van der Waals surface area contributed by atoms with Gasteiger partial charge in [-0.05, 0) is 63.5 Å². The first kappa shape index (κ1) is 22.0. The van der Waals surface area contributed by atoms with E-state index < -0.39 is 0 Å². The number of esters is 1. The van der Waals surface area contributed by atoms with Crippen molar-refractivity contribution < 1.29 is 9.53 Å². The van der Waals surface area contributed by atoms with Crippen molar-refractivity contribution in [1.82, 2.24) is 0 Å². The number of halogens is 1. The fourth-order valence-corrected chi connectivity index (χ4v) is 3.56. The molecule has 0 saturated heterocycles. The average molecular weight is 409 g/mol. The highest BCUT2D eigenvalue weighted by atomic mass is 79.9. The Balaban J connectivity index is 2.65. The Morgan fingerprint density at radius 1 is 1.28 bits per heavy atom. The van der Waals surface area contributed by atoms with Crippen LogP contribution in [0.4, 0.5) is 0 Å². The SMILES string of the molecule is CC(=O)OC/C=C(\C)C(Br)C/C=C(C)/C=C/C1=C(C)CCCC1(C)C. The fraction of sp³-hybridized carbons (Fsp3) is 0.591. The van der Waals surface area contributed by atoms with Gasteiger partial charge in [0.05, 0.1) is 0 Å². The van der Waals surface area contributed by atoms with Crippen molar-refractivity contribution in [2.24, 2.45) is 5.41 Å². The van der Waals surface area contributed by atoms with Gasteiger partial charge in [0.15, 0.2) is 0 Å². The molecule has 1 aliphatic rings. The van der Waals surface area contributed by atoms with Crippen LogP contribution in [-0.4, -0.2) is 17.4 Å². The average Bonchev–Trinajstić information content (AvgIpc) is 2.50. The number of carbonyl (C=O) groups excluding carboxylic acids is 1. The van der Waals surface area contributed by atoms with E-state index in [1.165, 1.54) is 48.5 Å². The molecule has 3 heteroatoms. The Bertz CT molecular complexity index is 591. The van der Waals surface area contributed by atoms with Crippen molar-refractivity contribution in [3.05, 3.63) is 46.6 Å². The maximum atomic E-state index is 10.8. The topological polar surface area (TPSA) is 26.3 Å². The van der Waals surface area contributed by atoms with Crippen LogP contribution in [0.5, 0.6) is 0 Å². The third-order valence-corrected chi connectivity index (χ3v) is 5.98. The van der Waals surface area contributed by atoms with Crippen LogP contribution in [0.25, 0.3) is 0 Å². The molecule has 0 radical (unpaired) electrons. The molecule has 1 rings (SSSR count). The number of carbonyl (C=O) groups is 1. The number of hydrogen-bond acceptors (Lipinski definition) is 2. The van der Waals surface area contributed by atoms with Gasteiger partial charge in [-0.3, -0.25) is 4.79 Å². The van der Waals surface area contributed by atoms with Gasteiger partial charge in [-0.2, -0.15) is 0 Å². The number of alkyl halides is 1. The smallest absolute Gasteiger partial charge is 0.302 e. The van der Waals surface area contributed by atoms with Crippen molar-refractivity contribution >= 4 is 21.9 Å². The van der Waals surface area contributed by atoms with Crippen LogP contribution in [0, 0.1) is 5.41 Å². The zero-order chi connectivity index (χ0) is 19.0. The summed E-state index contributed by atoms with van der Waals surface area (Å²) in [6.07, 6.45) is 13.5. The molecular weight excluding hydrogens is 376 g/mol. The summed E-state index contributed by atoms with van der Waals surface area (Å²) in [5.41, 5.74) is 5.77. The Kier molecular flexibility index (Phi) is 8.92. The molecule has 1 unspecified atom stereocenters. The molecule has 0 aliphatic heterocycles. The van der Waals surface area contributed by atoms with Crippen LogP contribution in [0.2, 0.25) is 0 Å². The zero-order valence-electron chi connectivity index (χ0n) is 16.6. The van der Waals surface area contributed by atoms with Crippen LogP contribution >= 0.6 is 15.9 Å². The highest BCUT2D eigenvalue weighted by Crippen LogP contribution is 2.40. The quantitative estimate of drug-likeness (QED) is 0.203. The molecule has 0 saturated carbocycles. The van der Waals surface area contributed by atoms with Gasteiger partial charge in [0, 0.05) is 11.8 Å². The Labute approximate surface area is 162 Å². The minimum absolute atomic E-state index is 0.244. The van der Waals surface area contributed by atoms with Gasteiger partial charge >= 0.3 is 5.97 Å². The van der Waals surface area contributed by atoms with Crippen molar-refractivity contribution in [3.63, 3.8) is 0 Å². The van der Waals surface area contributed by atoms with Crippen molar-refractivity contribution in [2.75, 3.05) is 6.61 Å². The van der Waals surface area contributed by atoms with Crippen LogP contribution in [0.15, 0.2) is 46.6 Å². The molecule has 1 aliphatic carbocycles. The molecule has 2 nitrogen and oxygen atoms in total. The second kappa shape index (κ2) is 10.2. The Morgan fingerprint density at radius 3 is 2.56 bits per heavy atom. The Morgan fingerprint density at radius 2 is 1.96 bits per heavy atom. The molecule has 0 aromatic rings. The summed E-state index contributed by atoms with van der Waals surface area (Å²) < 4.78 is 4.96. The van der Waals surface area contributed by atoms with Crippen LogP contribution in [0.1, 0.15) is 67.2 Å². The molecule has 0 fully saturated rings. The van der Waals surface area contributed by atoms with E-state index in [4.69, 9.17) is 4.74 Å². The lowest BCUT2D eigenvalue weighted by molar-refractivity contribution is -0.139. The third kappa shape index (κ3) is 7.77. The minimum atomic E-state index is -0.244. The van der Waals surface area contributed by atoms with Gasteiger partial charge in [-0.1, -0.05) is 64.7 Å². The summed E-state index contributed by atoms with van der Waals surface area (Å²) in [6, 6.07) is 0. The van der Waals surface area contributed by atoms with Gasteiger partial charge in [-0.15, -0.1) is 0 Å². The Hall–Kier alpha value is -1.09. The predicted octanol–water partition coefficient (Wildman–Crippen LogP) is 6.68. The van der Waals surface area contributed by atoms with E-state index in [9.17, 15) is 4.79 Å². The highest BCUT2D eigenvalue weighted by molar-refractivity contribution is 9.09. The second-order valence-corrected chi connectivity index (χ2v) is 8.77. The summed E-state index contributed by atoms with van der Waals surface area (Å²) in [6.45, 7) is 12.9. The summed E-state index contributed by atoms with van der Waals surface area (Å²) in [4.78, 5) is 11.1. The summed E-state index contributed by atoms with van der Waals surface area (Å²) in [7, 11) is 0. The summed E-state index contributed by atoms with van der Waals surface area (Å²) >= 11 is 3.71. The molecule has 140 valence electrons. The lowest BCUT2D eigenvalue weighted by atomic mass is 9.72. The van der Waals surface area contributed by atoms with Crippen molar-refractivity contribution in [1.29, 1.82) is 0 Å².